The molecule has 0 bridgehead atoms. The van der Waals surface area contributed by atoms with Gasteiger partial charge in [-0.15, -0.1) is 0 Å². The number of rotatable bonds is 8. The minimum Gasteiger partial charge on any atom is -0.310 e. The molecule has 0 aliphatic heterocycles. The highest BCUT2D eigenvalue weighted by molar-refractivity contribution is 6.15. The fraction of sp³-hybridized carbons (Fsp3) is 0.0159. The number of hydrogen-bond donors (Lipinski definition) is 0. The van der Waals surface area contributed by atoms with Crippen molar-refractivity contribution in [2.24, 2.45) is 0 Å². The van der Waals surface area contributed by atoms with Gasteiger partial charge in [0.1, 0.15) is 0 Å². The van der Waals surface area contributed by atoms with Crippen LogP contribution in [0.25, 0.3) is 66.1 Å². The van der Waals surface area contributed by atoms with Gasteiger partial charge in [0.2, 0.25) is 0 Å². The molecule has 300 valence electrons. The van der Waals surface area contributed by atoms with E-state index in [1.807, 2.05) is 0 Å². The van der Waals surface area contributed by atoms with Crippen LogP contribution in [0.5, 0.6) is 0 Å². The summed E-state index contributed by atoms with van der Waals surface area (Å²) in [5.74, 6) is 0. The third-order valence-corrected chi connectivity index (χ3v) is 13.3. The molecule has 0 fully saturated rings. The van der Waals surface area contributed by atoms with Gasteiger partial charge >= 0.3 is 0 Å². The van der Waals surface area contributed by atoms with Crippen LogP contribution in [-0.2, 0) is 5.41 Å². The summed E-state index contributed by atoms with van der Waals surface area (Å²) in [6.45, 7) is 0. The van der Waals surface area contributed by atoms with E-state index in [0.29, 0.717) is 0 Å². The molecule has 0 N–H and O–H groups in total. The van der Waals surface area contributed by atoms with Gasteiger partial charge in [-0.25, -0.2) is 0 Å². The van der Waals surface area contributed by atoms with Crippen molar-refractivity contribution in [1.29, 1.82) is 0 Å². The van der Waals surface area contributed by atoms with Crippen molar-refractivity contribution < 1.29 is 0 Å². The summed E-state index contributed by atoms with van der Waals surface area (Å²) < 4.78 is 0. The highest BCUT2D eigenvalue weighted by Gasteiger charge is 2.47. The quantitative estimate of drug-likeness (QED) is 0.138. The van der Waals surface area contributed by atoms with Crippen molar-refractivity contribution in [3.8, 4) is 44.5 Å². The maximum absolute atomic E-state index is 2.53. The first kappa shape index (κ1) is 37.5. The molecule has 64 heavy (non-hydrogen) atoms. The lowest BCUT2D eigenvalue weighted by Crippen LogP contribution is -2.28. The Morgan fingerprint density at radius 2 is 0.719 bits per heavy atom. The van der Waals surface area contributed by atoms with E-state index < -0.39 is 5.41 Å². The monoisotopic (exact) mass is 813 g/mol. The van der Waals surface area contributed by atoms with Crippen molar-refractivity contribution in [2.45, 2.75) is 5.41 Å². The first-order valence-corrected chi connectivity index (χ1v) is 22.2. The van der Waals surface area contributed by atoms with Crippen LogP contribution in [0, 0.1) is 0 Å². The SMILES string of the molecule is c1ccc(-c2ccc(N(c3ccc(-c4ccccc4)cc3)c3cc4c(cc3-c3cc5ccccc5c5ccccc35)-c3ccccc3C4(c3ccccc3)c3ccccc3)cc2)cc1. The summed E-state index contributed by atoms with van der Waals surface area (Å²) in [4.78, 5) is 2.49. The third-order valence-electron chi connectivity index (χ3n) is 13.3. The van der Waals surface area contributed by atoms with Gasteiger partial charge < -0.3 is 4.90 Å². The summed E-state index contributed by atoms with van der Waals surface area (Å²) in [6, 6.07) is 96.1. The second-order valence-electron chi connectivity index (χ2n) is 16.8. The zero-order chi connectivity index (χ0) is 42.5. The Bertz CT molecular complexity index is 3330. The molecule has 0 atom stereocenters. The number of hydrogen-bond acceptors (Lipinski definition) is 1. The molecule has 1 aliphatic rings. The Morgan fingerprint density at radius 1 is 0.266 bits per heavy atom. The highest BCUT2D eigenvalue weighted by atomic mass is 15.1. The second kappa shape index (κ2) is 15.6. The van der Waals surface area contributed by atoms with Crippen LogP contribution in [0.2, 0.25) is 0 Å². The van der Waals surface area contributed by atoms with Crippen LogP contribution in [0.3, 0.4) is 0 Å². The Morgan fingerprint density at radius 3 is 1.30 bits per heavy atom. The molecule has 0 saturated heterocycles. The minimum atomic E-state index is -0.576. The summed E-state index contributed by atoms with van der Waals surface area (Å²) in [5, 5.41) is 4.95. The van der Waals surface area contributed by atoms with E-state index in [1.54, 1.807) is 0 Å². The van der Waals surface area contributed by atoms with Gasteiger partial charge in [0, 0.05) is 16.9 Å². The first-order valence-electron chi connectivity index (χ1n) is 22.2. The van der Waals surface area contributed by atoms with Gasteiger partial charge in [-0.1, -0.05) is 218 Å². The molecule has 1 nitrogen and oxygen atoms in total. The molecule has 12 rings (SSSR count). The molecule has 0 aromatic heterocycles. The van der Waals surface area contributed by atoms with Crippen LogP contribution in [0.15, 0.2) is 261 Å². The van der Waals surface area contributed by atoms with Crippen LogP contribution < -0.4 is 4.90 Å². The molecule has 0 spiro atoms. The molecule has 1 heteroatoms. The molecule has 1 aliphatic carbocycles. The lowest BCUT2D eigenvalue weighted by atomic mass is 9.67. The van der Waals surface area contributed by atoms with Gasteiger partial charge in [-0.2, -0.15) is 0 Å². The standard InChI is InChI=1S/C63H43N/c1-5-19-44(20-6-1)46-33-37-51(38-34-46)64(52-39-35-47(36-40-52)45-21-7-2-8-22-45)62-43-61-58(42-59(62)57-41-48-23-13-14-28-53(48)54-29-15-16-30-55(54)57)56-31-17-18-32-60(56)63(61,49-24-9-3-10-25-49)50-26-11-4-12-27-50/h1-43H. The van der Waals surface area contributed by atoms with Crippen LogP contribution in [0.1, 0.15) is 22.3 Å². The summed E-state index contributed by atoms with van der Waals surface area (Å²) >= 11 is 0. The van der Waals surface area contributed by atoms with Gasteiger partial charge in [-0.3, -0.25) is 0 Å². The van der Waals surface area contributed by atoms with Crippen molar-refractivity contribution in [1.82, 2.24) is 0 Å². The zero-order valence-electron chi connectivity index (χ0n) is 35.3. The highest BCUT2D eigenvalue weighted by Crippen LogP contribution is 2.59. The van der Waals surface area contributed by atoms with E-state index in [9.17, 15) is 0 Å². The van der Waals surface area contributed by atoms with E-state index in [0.717, 1.165) is 17.1 Å². The minimum absolute atomic E-state index is 0.576. The lowest BCUT2D eigenvalue weighted by Gasteiger charge is -2.35. The van der Waals surface area contributed by atoms with Crippen molar-refractivity contribution >= 4 is 38.6 Å². The lowest BCUT2D eigenvalue weighted by molar-refractivity contribution is 0.768. The van der Waals surface area contributed by atoms with Crippen molar-refractivity contribution in [2.75, 3.05) is 4.90 Å². The zero-order valence-corrected chi connectivity index (χ0v) is 35.3. The summed E-state index contributed by atoms with van der Waals surface area (Å²) in [5.41, 5.74) is 17.4. The molecule has 11 aromatic carbocycles. The number of fused-ring (bicyclic) bond motifs is 6. The molecule has 0 heterocycles. The molecular formula is C63H43N. The predicted molar refractivity (Wildman–Crippen MR) is 270 cm³/mol. The molecule has 0 unspecified atom stereocenters. The normalized spacial score (nSPS) is 12.5. The Hall–Kier alpha value is -8.26. The van der Waals surface area contributed by atoms with Crippen molar-refractivity contribution in [3.63, 3.8) is 0 Å². The molecular weight excluding hydrogens is 771 g/mol. The summed E-state index contributed by atoms with van der Waals surface area (Å²) in [7, 11) is 0. The maximum Gasteiger partial charge on any atom is 0.0714 e. The number of benzene rings is 11. The fourth-order valence-electron chi connectivity index (χ4n) is 10.4. The smallest absolute Gasteiger partial charge is 0.0714 e. The Labute approximate surface area is 374 Å². The van der Waals surface area contributed by atoms with E-state index in [1.165, 1.54) is 88.3 Å². The fourth-order valence-corrected chi connectivity index (χ4v) is 10.4. The van der Waals surface area contributed by atoms with Gasteiger partial charge in [-0.05, 0) is 125 Å². The molecule has 0 saturated carbocycles. The maximum atomic E-state index is 2.53. The van der Waals surface area contributed by atoms with Gasteiger partial charge in [0.15, 0.2) is 0 Å². The average Bonchev–Trinajstić information content (AvgIpc) is 3.67. The van der Waals surface area contributed by atoms with Gasteiger partial charge in [0.05, 0.1) is 11.1 Å². The average molecular weight is 814 g/mol. The van der Waals surface area contributed by atoms with Crippen LogP contribution in [0.4, 0.5) is 17.1 Å². The largest absolute Gasteiger partial charge is 0.310 e. The Kier molecular flexibility index (Phi) is 9.13. The predicted octanol–water partition coefficient (Wildman–Crippen LogP) is 16.8. The summed E-state index contributed by atoms with van der Waals surface area (Å²) in [6.07, 6.45) is 0. The van der Waals surface area contributed by atoms with E-state index in [4.69, 9.17) is 0 Å². The van der Waals surface area contributed by atoms with Crippen LogP contribution in [-0.4, -0.2) is 0 Å². The molecule has 0 radical (unpaired) electrons. The molecule has 0 amide bonds. The second-order valence-corrected chi connectivity index (χ2v) is 16.8. The van der Waals surface area contributed by atoms with E-state index >= 15 is 0 Å². The topological polar surface area (TPSA) is 3.24 Å². The van der Waals surface area contributed by atoms with Crippen molar-refractivity contribution in [3.05, 3.63) is 283 Å². The van der Waals surface area contributed by atoms with Gasteiger partial charge in [0.25, 0.3) is 0 Å². The number of nitrogens with zero attached hydrogens (tertiary/aromatic N) is 1. The van der Waals surface area contributed by atoms with E-state index in [-0.39, 0.29) is 0 Å². The van der Waals surface area contributed by atoms with E-state index in [2.05, 4.69) is 266 Å². The Balaban J connectivity index is 1.20. The van der Waals surface area contributed by atoms with Crippen LogP contribution >= 0.6 is 0 Å². The first-order chi connectivity index (χ1) is 31.8. The molecule has 11 aromatic rings. The third kappa shape index (κ3) is 6.08. The number of anilines is 3.